The smallest absolute Gasteiger partial charge is 0.336 e. The summed E-state index contributed by atoms with van der Waals surface area (Å²) in [4.78, 5) is 39.8. The summed E-state index contributed by atoms with van der Waals surface area (Å²) in [5.41, 5.74) is 2.61. The summed E-state index contributed by atoms with van der Waals surface area (Å²) in [5.74, 6) is -1.38. The van der Waals surface area contributed by atoms with Gasteiger partial charge in [-0.2, -0.15) is 0 Å². The van der Waals surface area contributed by atoms with Crippen molar-refractivity contribution >= 4 is 55.3 Å². The molecule has 0 radical (unpaired) electrons. The van der Waals surface area contributed by atoms with E-state index in [0.717, 1.165) is 50.5 Å². The minimum absolute atomic E-state index is 0.0262. The van der Waals surface area contributed by atoms with Crippen LogP contribution in [0.15, 0.2) is 43.9 Å². The number of ether oxygens (including phenoxy) is 3. The van der Waals surface area contributed by atoms with Gasteiger partial charge >= 0.3 is 17.9 Å². The number of halogens is 2. The predicted octanol–water partition coefficient (Wildman–Crippen LogP) is 9.72. The summed E-state index contributed by atoms with van der Waals surface area (Å²) in [5, 5.41) is 23.3. The van der Waals surface area contributed by atoms with Crippen molar-refractivity contribution in [3.63, 3.8) is 0 Å². The van der Waals surface area contributed by atoms with Crippen LogP contribution < -0.4 is 0 Å². The molecule has 4 aliphatic carbocycles. The largest absolute Gasteiger partial charge is 0.458 e. The van der Waals surface area contributed by atoms with Crippen molar-refractivity contribution in [2.45, 2.75) is 139 Å². The maximum absolute atomic E-state index is 14.4. The number of rotatable bonds is 8. The van der Waals surface area contributed by atoms with Gasteiger partial charge in [0.25, 0.3) is 0 Å². The molecule has 4 aliphatic rings. The molecule has 4 saturated carbocycles. The van der Waals surface area contributed by atoms with E-state index in [2.05, 4.69) is 85.5 Å². The molecule has 2 N–H and O–H groups in total. The normalized spacial score (nSPS) is 36.0. The second kappa shape index (κ2) is 15.5. The summed E-state index contributed by atoms with van der Waals surface area (Å²) in [6.45, 7) is 19.3. The second-order valence-corrected chi connectivity index (χ2v) is 20.2. The standard InChI is InChI=1S/C43H60Br2O8/c1-23(2)29(26-17-27(44)19-28(45)18-26)11-12-30(38(49)51-22-52-39(50)40(5,6)7)36-32-20-34(48)37-41(8)15-14-33(47)24(3)31(41)13-16-42(37,9)43(32,10)21-35(36)53-25(4)46/h17-19,24,31-35,37,47-48H,11-16,20-22H2,1-10H3/t24-,31?,32+,33+,34+,35-,37+,41-,42-,43-/m0/s1. The zero-order valence-corrected chi connectivity index (χ0v) is 36.4. The average Bonchev–Trinajstić information content (AvgIpc) is 3.30. The van der Waals surface area contributed by atoms with Crippen molar-refractivity contribution in [2.75, 3.05) is 6.79 Å². The number of aliphatic hydroxyl groups is 2. The predicted molar refractivity (Wildman–Crippen MR) is 212 cm³/mol. The van der Waals surface area contributed by atoms with E-state index in [1.807, 2.05) is 6.07 Å². The quantitative estimate of drug-likeness (QED) is 0.151. The van der Waals surface area contributed by atoms with Crippen LogP contribution in [0.5, 0.6) is 0 Å². The summed E-state index contributed by atoms with van der Waals surface area (Å²) in [6.07, 6.45) is 3.43. The van der Waals surface area contributed by atoms with Crippen LogP contribution >= 0.6 is 31.9 Å². The van der Waals surface area contributed by atoms with E-state index < -0.39 is 47.7 Å². The fourth-order valence-corrected chi connectivity index (χ4v) is 12.7. The van der Waals surface area contributed by atoms with Crippen LogP contribution in [0, 0.1) is 45.3 Å². The Labute approximate surface area is 333 Å². The molecule has 4 fully saturated rings. The number of hydrogen-bond donors (Lipinski definition) is 2. The monoisotopic (exact) mass is 862 g/mol. The third kappa shape index (κ3) is 7.86. The van der Waals surface area contributed by atoms with E-state index in [-0.39, 0.29) is 34.7 Å². The molecule has 0 saturated heterocycles. The molecule has 10 heteroatoms. The van der Waals surface area contributed by atoms with E-state index in [9.17, 15) is 24.6 Å². The highest BCUT2D eigenvalue weighted by atomic mass is 79.9. The lowest BCUT2D eigenvalue weighted by atomic mass is 9.36. The summed E-state index contributed by atoms with van der Waals surface area (Å²) < 4.78 is 19.1. The Kier molecular flexibility index (Phi) is 12.3. The van der Waals surface area contributed by atoms with Gasteiger partial charge in [-0.05, 0) is 161 Å². The molecule has 8 nitrogen and oxygen atoms in total. The van der Waals surface area contributed by atoms with Crippen molar-refractivity contribution in [1.29, 1.82) is 0 Å². The topological polar surface area (TPSA) is 119 Å². The fraction of sp³-hybridized carbons (Fsp3) is 0.698. The van der Waals surface area contributed by atoms with Crippen LogP contribution in [0.1, 0.15) is 126 Å². The molecule has 0 aromatic heterocycles. The van der Waals surface area contributed by atoms with E-state index in [1.165, 1.54) is 6.92 Å². The second-order valence-electron chi connectivity index (χ2n) is 18.4. The highest BCUT2D eigenvalue weighted by molar-refractivity contribution is 9.11. The first-order valence-corrected chi connectivity index (χ1v) is 20.9. The number of carbonyl (C=O) groups is 3. The van der Waals surface area contributed by atoms with Crippen LogP contribution in [0.2, 0.25) is 0 Å². The molecule has 1 unspecified atom stereocenters. The van der Waals surface area contributed by atoms with Crippen LogP contribution in [0.25, 0.3) is 5.57 Å². The van der Waals surface area contributed by atoms with Crippen LogP contribution in [-0.2, 0) is 28.6 Å². The van der Waals surface area contributed by atoms with Crippen LogP contribution in [0.3, 0.4) is 0 Å². The van der Waals surface area contributed by atoms with Gasteiger partial charge in [0.2, 0.25) is 6.79 Å². The Balaban J connectivity index is 1.61. The molecule has 1 aromatic carbocycles. The lowest BCUT2D eigenvalue weighted by Gasteiger charge is -2.69. The van der Waals surface area contributed by atoms with Gasteiger partial charge in [0, 0.05) is 21.4 Å². The lowest BCUT2D eigenvalue weighted by Crippen LogP contribution is -2.65. The zero-order chi connectivity index (χ0) is 39.4. The Morgan fingerprint density at radius 3 is 2.11 bits per heavy atom. The van der Waals surface area contributed by atoms with E-state index >= 15 is 0 Å². The molecular formula is C43H60Br2O8. The van der Waals surface area contributed by atoms with Crippen molar-refractivity contribution in [3.8, 4) is 0 Å². The zero-order valence-electron chi connectivity index (χ0n) is 33.2. The van der Waals surface area contributed by atoms with Gasteiger partial charge < -0.3 is 24.4 Å². The van der Waals surface area contributed by atoms with Gasteiger partial charge in [-0.15, -0.1) is 0 Å². The molecular weight excluding hydrogens is 804 g/mol. The molecule has 0 heterocycles. The molecule has 10 atom stereocenters. The van der Waals surface area contributed by atoms with Crippen molar-refractivity contribution in [2.24, 2.45) is 45.3 Å². The molecule has 0 bridgehead atoms. The van der Waals surface area contributed by atoms with E-state index in [0.29, 0.717) is 43.6 Å². The first-order valence-electron chi connectivity index (χ1n) is 19.3. The molecule has 294 valence electrons. The molecule has 0 amide bonds. The lowest BCUT2D eigenvalue weighted by molar-refractivity contribution is -0.234. The molecule has 53 heavy (non-hydrogen) atoms. The van der Waals surface area contributed by atoms with Crippen molar-refractivity contribution < 1.29 is 38.8 Å². The van der Waals surface area contributed by atoms with Crippen LogP contribution in [0.4, 0.5) is 0 Å². The number of fused-ring (bicyclic) bond motifs is 5. The van der Waals surface area contributed by atoms with Gasteiger partial charge in [0.15, 0.2) is 0 Å². The number of carbonyl (C=O) groups excluding carboxylic acids is 3. The van der Waals surface area contributed by atoms with E-state index in [1.54, 1.807) is 20.8 Å². The fourth-order valence-electron chi connectivity index (χ4n) is 11.4. The molecule has 0 aliphatic heterocycles. The third-order valence-electron chi connectivity index (χ3n) is 14.0. The Hall–Kier alpha value is -2.01. The van der Waals surface area contributed by atoms with Gasteiger partial charge in [0.1, 0.15) is 6.10 Å². The van der Waals surface area contributed by atoms with Crippen molar-refractivity contribution in [3.05, 3.63) is 49.4 Å². The minimum atomic E-state index is -0.772. The highest BCUT2D eigenvalue weighted by Gasteiger charge is 2.71. The maximum atomic E-state index is 14.4. The van der Waals surface area contributed by atoms with E-state index in [4.69, 9.17) is 14.2 Å². The van der Waals surface area contributed by atoms with Gasteiger partial charge in [-0.1, -0.05) is 65.1 Å². The average molecular weight is 865 g/mol. The maximum Gasteiger partial charge on any atom is 0.336 e. The number of allylic oxidation sites excluding steroid dienone is 2. The summed E-state index contributed by atoms with van der Waals surface area (Å²) in [7, 11) is 0. The number of hydrogen-bond acceptors (Lipinski definition) is 8. The summed E-state index contributed by atoms with van der Waals surface area (Å²) >= 11 is 7.25. The SMILES string of the molecule is CC(=O)O[C@H]1C[C@@]2(C)[C@H](C[C@@H](O)[C@@H]3[C@@]4(C)CC[C@@H](O)[C@@H](C)C4CC[C@@]32C)C1=C(CCC(=C(C)C)c1cc(Br)cc(Br)c1)C(=O)OCOC(=O)C(C)(C)C. The Morgan fingerprint density at radius 1 is 0.887 bits per heavy atom. The van der Waals surface area contributed by atoms with Gasteiger partial charge in [-0.3, -0.25) is 9.59 Å². The summed E-state index contributed by atoms with van der Waals surface area (Å²) in [6, 6.07) is 6.09. The highest BCUT2D eigenvalue weighted by Crippen LogP contribution is 2.74. The third-order valence-corrected chi connectivity index (χ3v) is 15.0. The number of benzene rings is 1. The Morgan fingerprint density at radius 2 is 1.53 bits per heavy atom. The molecule has 0 spiro atoms. The first-order chi connectivity index (χ1) is 24.5. The minimum Gasteiger partial charge on any atom is -0.458 e. The molecule has 1 aromatic rings. The van der Waals surface area contributed by atoms with Gasteiger partial charge in [-0.25, -0.2) is 4.79 Å². The van der Waals surface area contributed by atoms with Crippen LogP contribution in [-0.4, -0.2) is 53.2 Å². The Bertz CT molecular complexity index is 1650. The first kappa shape index (κ1) is 42.1. The number of aliphatic hydroxyl groups excluding tert-OH is 2. The number of esters is 3. The molecule has 5 rings (SSSR count). The van der Waals surface area contributed by atoms with Crippen molar-refractivity contribution in [1.82, 2.24) is 0 Å². The van der Waals surface area contributed by atoms with Gasteiger partial charge in [0.05, 0.1) is 17.6 Å².